The average molecular weight is 261 g/mol. The van der Waals surface area contributed by atoms with E-state index in [4.69, 9.17) is 9.15 Å². The van der Waals surface area contributed by atoms with Gasteiger partial charge in [-0.3, -0.25) is 0 Å². The molecular weight excluding hydrogens is 242 g/mol. The van der Waals surface area contributed by atoms with Gasteiger partial charge < -0.3 is 14.5 Å². The standard InChI is InChI=1S/C14H19N3O2/c1-11-4-3-5-12(10-11)18-9-7-14-17-16-13(19-14)6-8-15-2/h3-5,10,15H,6-9H2,1-2H3. The number of ether oxygens (including phenoxy) is 1. The highest BCUT2D eigenvalue weighted by Gasteiger charge is 2.05. The lowest BCUT2D eigenvalue weighted by atomic mass is 10.2. The third kappa shape index (κ3) is 4.37. The Hall–Kier alpha value is -1.88. The van der Waals surface area contributed by atoms with Crippen LogP contribution in [0, 0.1) is 6.92 Å². The molecule has 0 spiro atoms. The fourth-order valence-electron chi connectivity index (χ4n) is 1.68. The summed E-state index contributed by atoms with van der Waals surface area (Å²) in [6.45, 7) is 3.41. The van der Waals surface area contributed by atoms with Gasteiger partial charge in [0.15, 0.2) is 0 Å². The Balaban J connectivity index is 1.77. The first kappa shape index (κ1) is 13.5. The molecule has 1 aromatic carbocycles. The molecule has 5 nitrogen and oxygen atoms in total. The minimum absolute atomic E-state index is 0.539. The highest BCUT2D eigenvalue weighted by Crippen LogP contribution is 2.12. The Morgan fingerprint density at radius 2 is 2.00 bits per heavy atom. The molecule has 2 rings (SSSR count). The largest absolute Gasteiger partial charge is 0.493 e. The number of benzene rings is 1. The van der Waals surface area contributed by atoms with E-state index in [0.717, 1.165) is 18.7 Å². The van der Waals surface area contributed by atoms with Crippen molar-refractivity contribution in [1.82, 2.24) is 15.5 Å². The molecule has 2 aromatic rings. The van der Waals surface area contributed by atoms with E-state index >= 15 is 0 Å². The van der Waals surface area contributed by atoms with Gasteiger partial charge in [0, 0.05) is 13.0 Å². The van der Waals surface area contributed by atoms with E-state index in [1.165, 1.54) is 5.56 Å². The topological polar surface area (TPSA) is 60.2 Å². The van der Waals surface area contributed by atoms with Crippen molar-refractivity contribution in [2.24, 2.45) is 0 Å². The van der Waals surface area contributed by atoms with Gasteiger partial charge in [-0.1, -0.05) is 12.1 Å². The fourth-order valence-corrected chi connectivity index (χ4v) is 1.68. The SMILES string of the molecule is CNCCc1nnc(CCOc2cccc(C)c2)o1. The lowest BCUT2D eigenvalue weighted by Gasteiger charge is -2.04. The molecule has 19 heavy (non-hydrogen) atoms. The molecule has 0 saturated carbocycles. The van der Waals surface area contributed by atoms with Crippen LogP contribution in [-0.4, -0.2) is 30.4 Å². The molecule has 0 atom stereocenters. The van der Waals surface area contributed by atoms with Gasteiger partial charge in [-0.2, -0.15) is 0 Å². The monoisotopic (exact) mass is 261 g/mol. The average Bonchev–Trinajstić information content (AvgIpc) is 2.84. The fraction of sp³-hybridized carbons (Fsp3) is 0.429. The lowest BCUT2D eigenvalue weighted by Crippen LogP contribution is -2.10. The van der Waals surface area contributed by atoms with E-state index in [1.807, 2.05) is 38.2 Å². The zero-order valence-electron chi connectivity index (χ0n) is 11.3. The van der Waals surface area contributed by atoms with Crippen LogP contribution in [-0.2, 0) is 12.8 Å². The van der Waals surface area contributed by atoms with Crippen molar-refractivity contribution in [1.29, 1.82) is 0 Å². The minimum atomic E-state index is 0.539. The minimum Gasteiger partial charge on any atom is -0.493 e. The Bertz CT molecular complexity index is 511. The summed E-state index contributed by atoms with van der Waals surface area (Å²) in [5, 5.41) is 11.0. The summed E-state index contributed by atoms with van der Waals surface area (Å²) in [4.78, 5) is 0. The zero-order chi connectivity index (χ0) is 13.5. The third-order valence-electron chi connectivity index (χ3n) is 2.67. The number of nitrogens with zero attached hydrogens (tertiary/aromatic N) is 2. The molecule has 0 saturated heterocycles. The predicted octanol–water partition coefficient (Wildman–Crippen LogP) is 1.76. The molecule has 0 unspecified atom stereocenters. The van der Waals surface area contributed by atoms with Gasteiger partial charge >= 0.3 is 0 Å². The Labute approximate surface area is 113 Å². The molecule has 0 aliphatic rings. The van der Waals surface area contributed by atoms with E-state index in [2.05, 4.69) is 15.5 Å². The number of hydrogen-bond acceptors (Lipinski definition) is 5. The van der Waals surface area contributed by atoms with Crippen LogP contribution in [0.25, 0.3) is 0 Å². The zero-order valence-corrected chi connectivity index (χ0v) is 11.3. The second kappa shape index (κ2) is 6.89. The summed E-state index contributed by atoms with van der Waals surface area (Å²) in [6, 6.07) is 7.97. The van der Waals surface area contributed by atoms with Crippen LogP contribution in [0.3, 0.4) is 0 Å². The van der Waals surface area contributed by atoms with Crippen molar-refractivity contribution in [2.75, 3.05) is 20.2 Å². The highest BCUT2D eigenvalue weighted by atomic mass is 16.5. The van der Waals surface area contributed by atoms with E-state index in [9.17, 15) is 0 Å². The second-order valence-corrected chi connectivity index (χ2v) is 4.36. The van der Waals surface area contributed by atoms with Crippen LogP contribution in [0.4, 0.5) is 0 Å². The highest BCUT2D eigenvalue weighted by molar-refractivity contribution is 5.27. The van der Waals surface area contributed by atoms with Crippen LogP contribution in [0.1, 0.15) is 17.3 Å². The van der Waals surface area contributed by atoms with Crippen LogP contribution in [0.2, 0.25) is 0 Å². The van der Waals surface area contributed by atoms with Gasteiger partial charge in [0.25, 0.3) is 0 Å². The molecule has 1 N–H and O–H groups in total. The molecule has 5 heteroatoms. The summed E-state index contributed by atoms with van der Waals surface area (Å²) in [5.41, 5.74) is 1.18. The van der Waals surface area contributed by atoms with E-state index in [1.54, 1.807) is 0 Å². The van der Waals surface area contributed by atoms with E-state index < -0.39 is 0 Å². The molecule has 0 radical (unpaired) electrons. The van der Waals surface area contributed by atoms with Crippen molar-refractivity contribution < 1.29 is 9.15 Å². The number of likely N-dealkylation sites (N-methyl/N-ethyl adjacent to an activating group) is 1. The molecular formula is C14H19N3O2. The van der Waals surface area contributed by atoms with E-state index in [0.29, 0.717) is 24.8 Å². The smallest absolute Gasteiger partial charge is 0.219 e. The van der Waals surface area contributed by atoms with E-state index in [-0.39, 0.29) is 0 Å². The summed E-state index contributed by atoms with van der Waals surface area (Å²) in [5.74, 6) is 2.16. The number of aryl methyl sites for hydroxylation is 1. The number of rotatable bonds is 7. The van der Waals surface area contributed by atoms with Gasteiger partial charge in [0.05, 0.1) is 13.0 Å². The first-order valence-corrected chi connectivity index (χ1v) is 6.43. The molecule has 0 amide bonds. The molecule has 0 fully saturated rings. The Morgan fingerprint density at radius 3 is 2.74 bits per heavy atom. The lowest BCUT2D eigenvalue weighted by molar-refractivity contribution is 0.303. The molecule has 0 aliphatic heterocycles. The van der Waals surface area contributed by atoms with Crippen molar-refractivity contribution >= 4 is 0 Å². The molecule has 0 bridgehead atoms. The number of hydrogen-bond donors (Lipinski definition) is 1. The van der Waals surface area contributed by atoms with Crippen molar-refractivity contribution in [2.45, 2.75) is 19.8 Å². The van der Waals surface area contributed by atoms with Gasteiger partial charge in [-0.15, -0.1) is 10.2 Å². The third-order valence-corrected chi connectivity index (χ3v) is 2.67. The summed E-state index contributed by atoms with van der Waals surface area (Å²) in [6.07, 6.45) is 1.38. The number of aromatic nitrogens is 2. The maximum atomic E-state index is 5.64. The molecule has 1 heterocycles. The Kier molecular flexibility index (Phi) is 4.92. The first-order valence-electron chi connectivity index (χ1n) is 6.43. The predicted molar refractivity (Wildman–Crippen MR) is 72.3 cm³/mol. The van der Waals surface area contributed by atoms with Gasteiger partial charge in [0.2, 0.25) is 11.8 Å². The maximum absolute atomic E-state index is 5.64. The van der Waals surface area contributed by atoms with Gasteiger partial charge in [-0.25, -0.2) is 0 Å². The van der Waals surface area contributed by atoms with Crippen LogP contribution in [0.15, 0.2) is 28.7 Å². The first-order chi connectivity index (χ1) is 9.28. The number of nitrogens with one attached hydrogen (secondary N) is 1. The second-order valence-electron chi connectivity index (χ2n) is 4.36. The van der Waals surface area contributed by atoms with Crippen molar-refractivity contribution in [3.05, 3.63) is 41.6 Å². The summed E-state index contributed by atoms with van der Waals surface area (Å²) >= 11 is 0. The van der Waals surface area contributed by atoms with Crippen LogP contribution >= 0.6 is 0 Å². The summed E-state index contributed by atoms with van der Waals surface area (Å²) < 4.78 is 11.1. The quantitative estimate of drug-likeness (QED) is 0.823. The normalized spacial score (nSPS) is 10.6. The van der Waals surface area contributed by atoms with Crippen LogP contribution < -0.4 is 10.1 Å². The van der Waals surface area contributed by atoms with Crippen molar-refractivity contribution in [3.63, 3.8) is 0 Å². The van der Waals surface area contributed by atoms with Gasteiger partial charge in [-0.05, 0) is 31.7 Å². The van der Waals surface area contributed by atoms with Gasteiger partial charge in [0.1, 0.15) is 5.75 Å². The van der Waals surface area contributed by atoms with Crippen LogP contribution in [0.5, 0.6) is 5.75 Å². The molecule has 1 aromatic heterocycles. The van der Waals surface area contributed by atoms with Crippen molar-refractivity contribution in [3.8, 4) is 5.75 Å². The Morgan fingerprint density at radius 1 is 1.21 bits per heavy atom. The summed E-state index contributed by atoms with van der Waals surface area (Å²) in [7, 11) is 1.90. The maximum Gasteiger partial charge on any atom is 0.219 e. The molecule has 102 valence electrons. The molecule has 0 aliphatic carbocycles.